The molecule has 0 aliphatic rings. The summed E-state index contributed by atoms with van der Waals surface area (Å²) in [5, 5.41) is 20.2. The molecule has 0 aliphatic heterocycles. The van der Waals surface area contributed by atoms with Gasteiger partial charge >= 0.3 is 0 Å². The van der Waals surface area contributed by atoms with Gasteiger partial charge in [-0.2, -0.15) is 4.74 Å². The van der Waals surface area contributed by atoms with E-state index in [9.17, 15) is 10.3 Å². The molecule has 5 heteroatoms. The van der Waals surface area contributed by atoms with Gasteiger partial charge in [0.1, 0.15) is 6.72 Å². The lowest BCUT2D eigenvalue weighted by Gasteiger charge is -2.05. The van der Waals surface area contributed by atoms with Crippen LogP contribution in [0, 0.1) is 5.21 Å². The summed E-state index contributed by atoms with van der Waals surface area (Å²) in [6.07, 6.45) is 0. The maximum absolute atomic E-state index is 10.7. The van der Waals surface area contributed by atoms with Crippen LogP contribution in [0.5, 0.6) is 5.75 Å². The number of anilines is 1. The molecule has 1 aromatic carbocycles. The Hall–Kier alpha value is -1.42. The van der Waals surface area contributed by atoms with Gasteiger partial charge in [0.15, 0.2) is 0 Å². The van der Waals surface area contributed by atoms with Crippen LogP contribution in [0.3, 0.4) is 0 Å². The number of nitrogens with two attached hydrogens (primary N) is 1. The second kappa shape index (κ2) is 2.91. The molecular formula is C7H7ClN2O2. The van der Waals surface area contributed by atoms with E-state index in [0.29, 0.717) is 0 Å². The number of phenols is 1. The van der Waals surface area contributed by atoms with Crippen LogP contribution in [-0.2, 0) is 0 Å². The predicted molar refractivity (Wildman–Crippen MR) is 47.9 cm³/mol. The highest BCUT2D eigenvalue weighted by Gasteiger charge is 2.12. The van der Waals surface area contributed by atoms with E-state index in [-0.39, 0.29) is 26.9 Å². The minimum atomic E-state index is -0.301. The number of aromatic hydroxyl groups is 1. The van der Waals surface area contributed by atoms with Crippen LogP contribution >= 0.6 is 11.6 Å². The maximum atomic E-state index is 10.7. The van der Waals surface area contributed by atoms with Crippen molar-refractivity contribution in [1.82, 2.24) is 0 Å². The van der Waals surface area contributed by atoms with E-state index in [1.165, 1.54) is 12.1 Å². The predicted octanol–water partition coefficient (Wildman–Crippen LogP) is 1.47. The molecule has 64 valence electrons. The van der Waals surface area contributed by atoms with Gasteiger partial charge in [-0.3, -0.25) is 0 Å². The number of hydrogen-bond donors (Lipinski definition) is 2. The molecule has 0 radical (unpaired) electrons. The van der Waals surface area contributed by atoms with Crippen LogP contribution in [0.1, 0.15) is 0 Å². The van der Waals surface area contributed by atoms with E-state index in [1.54, 1.807) is 0 Å². The number of benzene rings is 1. The Morgan fingerprint density at radius 2 is 2.17 bits per heavy atom. The normalized spacial score (nSPS) is 9.75. The molecule has 0 atom stereocenters. The molecular weight excluding hydrogens is 180 g/mol. The zero-order valence-corrected chi connectivity index (χ0v) is 6.88. The first kappa shape index (κ1) is 8.67. The molecule has 0 unspecified atom stereocenters. The fourth-order valence-electron chi connectivity index (χ4n) is 0.796. The van der Waals surface area contributed by atoms with Crippen LogP contribution in [0.15, 0.2) is 12.1 Å². The molecule has 12 heavy (non-hydrogen) atoms. The summed E-state index contributed by atoms with van der Waals surface area (Å²) in [4.78, 5) is 0. The number of rotatable bonds is 1. The van der Waals surface area contributed by atoms with Gasteiger partial charge in [0, 0.05) is 11.1 Å². The summed E-state index contributed by atoms with van der Waals surface area (Å²) in [5.41, 5.74) is 5.35. The molecule has 0 amide bonds. The molecule has 0 saturated heterocycles. The van der Waals surface area contributed by atoms with E-state index in [2.05, 4.69) is 6.72 Å². The van der Waals surface area contributed by atoms with Crippen molar-refractivity contribution in [2.45, 2.75) is 0 Å². The average molecular weight is 187 g/mol. The van der Waals surface area contributed by atoms with Crippen LogP contribution in [0.4, 0.5) is 11.4 Å². The highest BCUT2D eigenvalue weighted by atomic mass is 35.5. The molecule has 3 N–H and O–H groups in total. The van der Waals surface area contributed by atoms with Gasteiger partial charge in [-0.05, 0) is 6.07 Å². The largest absolute Gasteiger partial charge is 0.619 e. The molecule has 1 rings (SSSR count). The van der Waals surface area contributed by atoms with Gasteiger partial charge < -0.3 is 16.0 Å². The van der Waals surface area contributed by atoms with Gasteiger partial charge in [-0.1, -0.05) is 11.6 Å². The van der Waals surface area contributed by atoms with Crippen LogP contribution in [-0.4, -0.2) is 16.6 Å². The van der Waals surface area contributed by atoms with Gasteiger partial charge in [-0.15, -0.1) is 0 Å². The molecule has 0 spiro atoms. The standard InChI is InChI=1S/C7H7ClN2O2/c1-10(12)6-3-4(8)2-5(9)7(6)11/h2-3,11H,1,9H2. The molecule has 0 aromatic heterocycles. The number of nitrogen functional groups attached to an aromatic ring is 1. The zero-order chi connectivity index (χ0) is 9.30. The lowest BCUT2D eigenvalue weighted by atomic mass is 10.2. The molecule has 1 aromatic rings. The van der Waals surface area contributed by atoms with Gasteiger partial charge in [0.2, 0.25) is 5.75 Å². The third kappa shape index (κ3) is 1.43. The summed E-state index contributed by atoms with van der Waals surface area (Å²) in [7, 11) is 0. The second-order valence-corrected chi connectivity index (χ2v) is 2.68. The minimum absolute atomic E-state index is 0.0417. The Balaban J connectivity index is 3.37. The van der Waals surface area contributed by atoms with Crippen molar-refractivity contribution in [3.8, 4) is 5.75 Å². The Morgan fingerprint density at radius 1 is 1.58 bits per heavy atom. The van der Waals surface area contributed by atoms with Gasteiger partial charge in [-0.25, -0.2) is 0 Å². The highest BCUT2D eigenvalue weighted by Crippen LogP contribution is 2.34. The monoisotopic (exact) mass is 186 g/mol. The number of phenolic OH excluding ortho intramolecular Hbond substituents is 1. The quantitative estimate of drug-likeness (QED) is 0.174. The summed E-state index contributed by atoms with van der Waals surface area (Å²) in [5.74, 6) is -0.301. The number of nitrogens with zero attached hydrogens (tertiary/aromatic N) is 1. The summed E-state index contributed by atoms with van der Waals surface area (Å²) in [6, 6.07) is 2.64. The first-order valence-corrected chi connectivity index (χ1v) is 3.46. The third-order valence-corrected chi connectivity index (χ3v) is 1.57. The number of halogens is 1. The fourth-order valence-corrected chi connectivity index (χ4v) is 1.02. The molecule has 0 fully saturated rings. The van der Waals surface area contributed by atoms with E-state index in [0.717, 1.165) is 0 Å². The lowest BCUT2D eigenvalue weighted by molar-refractivity contribution is -0.350. The van der Waals surface area contributed by atoms with Crippen LogP contribution in [0.25, 0.3) is 0 Å². The first-order valence-electron chi connectivity index (χ1n) is 3.08. The Labute approximate surface area is 74.1 Å². The number of hydrogen-bond acceptors (Lipinski definition) is 3. The Bertz CT molecular complexity index is 338. The van der Waals surface area contributed by atoms with Crippen molar-refractivity contribution >= 4 is 29.7 Å². The summed E-state index contributed by atoms with van der Waals surface area (Å²) >= 11 is 5.58. The van der Waals surface area contributed by atoms with E-state index >= 15 is 0 Å². The van der Waals surface area contributed by atoms with Gasteiger partial charge in [0.05, 0.1) is 5.69 Å². The molecule has 0 aliphatic carbocycles. The Kier molecular flexibility index (Phi) is 2.10. The smallest absolute Gasteiger partial charge is 0.261 e. The van der Waals surface area contributed by atoms with E-state index in [4.69, 9.17) is 17.3 Å². The first-order chi connectivity index (χ1) is 5.52. The SMILES string of the molecule is C=[N+]([O-])c1cc(Cl)cc(N)c1O. The molecule has 4 nitrogen and oxygen atoms in total. The second-order valence-electron chi connectivity index (χ2n) is 2.24. The highest BCUT2D eigenvalue weighted by molar-refractivity contribution is 6.31. The van der Waals surface area contributed by atoms with Gasteiger partial charge in [0.25, 0.3) is 5.69 Å². The van der Waals surface area contributed by atoms with Crippen molar-refractivity contribution in [1.29, 1.82) is 0 Å². The minimum Gasteiger partial charge on any atom is -0.619 e. The fraction of sp³-hybridized carbons (Fsp3) is 0. The van der Waals surface area contributed by atoms with Crippen LogP contribution < -0.4 is 5.73 Å². The topological polar surface area (TPSA) is 72.3 Å². The van der Waals surface area contributed by atoms with Crippen molar-refractivity contribution in [3.05, 3.63) is 22.4 Å². The van der Waals surface area contributed by atoms with Crippen molar-refractivity contribution < 1.29 is 9.85 Å². The lowest BCUT2D eigenvalue weighted by Crippen LogP contribution is -1.93. The zero-order valence-electron chi connectivity index (χ0n) is 6.12. The summed E-state index contributed by atoms with van der Waals surface area (Å²) in [6.45, 7) is 3.06. The maximum Gasteiger partial charge on any atom is 0.261 e. The van der Waals surface area contributed by atoms with Crippen molar-refractivity contribution in [2.75, 3.05) is 5.73 Å². The van der Waals surface area contributed by atoms with Crippen LogP contribution in [0.2, 0.25) is 5.02 Å². The molecule has 0 heterocycles. The summed E-state index contributed by atoms with van der Waals surface area (Å²) < 4.78 is 0.248. The third-order valence-electron chi connectivity index (χ3n) is 1.35. The average Bonchev–Trinajstić information content (AvgIpc) is 1.96. The molecule has 0 saturated carbocycles. The van der Waals surface area contributed by atoms with Crippen molar-refractivity contribution in [3.63, 3.8) is 0 Å². The van der Waals surface area contributed by atoms with E-state index < -0.39 is 0 Å². The van der Waals surface area contributed by atoms with Crippen molar-refractivity contribution in [2.24, 2.45) is 0 Å². The molecule has 0 bridgehead atoms. The van der Waals surface area contributed by atoms with E-state index in [1.807, 2.05) is 0 Å². The Morgan fingerprint density at radius 3 is 2.67 bits per heavy atom.